The highest BCUT2D eigenvalue weighted by Crippen LogP contribution is 2.29. The molecule has 0 aliphatic carbocycles. The molecule has 5 nitrogen and oxygen atoms in total. The number of nitrogens with one attached hydrogen (secondary N) is 1. The summed E-state index contributed by atoms with van der Waals surface area (Å²) >= 11 is 8.71. The van der Waals surface area contributed by atoms with Crippen molar-refractivity contribution in [3.8, 4) is 0 Å². The maximum Gasteiger partial charge on any atom is 0.312 e. The zero-order chi connectivity index (χ0) is 14.0. The van der Waals surface area contributed by atoms with Crippen LogP contribution in [0.4, 0.5) is 21.6 Å². The summed E-state index contributed by atoms with van der Waals surface area (Å²) in [6.45, 7) is 0. The second-order valence-electron chi connectivity index (χ2n) is 3.53. The second-order valence-corrected chi connectivity index (χ2v) is 4.88. The van der Waals surface area contributed by atoms with E-state index in [1.165, 1.54) is 24.4 Å². The minimum absolute atomic E-state index is 0.0468. The normalized spacial score (nSPS) is 10.3. The largest absolute Gasteiger partial charge is 0.332 e. The Hall–Kier alpha value is -1.73. The Morgan fingerprint density at radius 1 is 1.42 bits per heavy atom. The van der Waals surface area contributed by atoms with E-state index < -0.39 is 10.7 Å². The van der Waals surface area contributed by atoms with Crippen molar-refractivity contribution in [1.29, 1.82) is 0 Å². The van der Waals surface area contributed by atoms with Crippen LogP contribution < -0.4 is 5.32 Å². The second kappa shape index (κ2) is 5.50. The first-order chi connectivity index (χ1) is 8.97. The predicted octanol–water partition coefficient (Wildman–Crippen LogP) is 4.29. The summed E-state index contributed by atoms with van der Waals surface area (Å²) in [6.07, 6.45) is 1.38. The summed E-state index contributed by atoms with van der Waals surface area (Å²) in [4.78, 5) is 14.1. The molecule has 0 spiro atoms. The lowest BCUT2D eigenvalue weighted by Crippen LogP contribution is -2.01. The van der Waals surface area contributed by atoms with E-state index in [9.17, 15) is 14.5 Å². The molecule has 0 bridgehead atoms. The zero-order valence-electron chi connectivity index (χ0n) is 9.23. The molecule has 19 heavy (non-hydrogen) atoms. The fourth-order valence-corrected chi connectivity index (χ4v) is 1.86. The zero-order valence-corrected chi connectivity index (χ0v) is 11.6. The van der Waals surface area contributed by atoms with Crippen molar-refractivity contribution in [2.75, 3.05) is 5.32 Å². The Morgan fingerprint density at radius 3 is 2.79 bits per heavy atom. The number of hydrogen-bond acceptors (Lipinski definition) is 4. The van der Waals surface area contributed by atoms with Crippen LogP contribution in [0.5, 0.6) is 0 Å². The molecule has 0 unspecified atom stereocenters. The average molecular weight is 347 g/mol. The minimum atomic E-state index is -0.619. The summed E-state index contributed by atoms with van der Waals surface area (Å²) in [7, 11) is 0. The summed E-state index contributed by atoms with van der Waals surface area (Å²) in [5.74, 6) is -0.666. The highest BCUT2D eigenvalue weighted by atomic mass is 79.9. The first-order valence-electron chi connectivity index (χ1n) is 4.99. The number of pyridine rings is 1. The van der Waals surface area contributed by atoms with Crippen molar-refractivity contribution in [2.24, 2.45) is 0 Å². The summed E-state index contributed by atoms with van der Waals surface area (Å²) in [5.41, 5.74) is -0.203. The lowest BCUT2D eigenvalue weighted by Gasteiger charge is -2.07. The first kappa shape index (κ1) is 13.7. The smallest absolute Gasteiger partial charge is 0.312 e. The van der Waals surface area contributed by atoms with Gasteiger partial charge in [-0.3, -0.25) is 10.1 Å². The Labute approximate surface area is 120 Å². The predicted molar refractivity (Wildman–Crippen MR) is 73.3 cm³/mol. The summed E-state index contributed by atoms with van der Waals surface area (Å²) in [5, 5.41) is 13.7. The minimum Gasteiger partial charge on any atom is -0.332 e. The molecule has 1 aromatic heterocycles. The van der Waals surface area contributed by atoms with E-state index in [0.29, 0.717) is 4.47 Å². The van der Waals surface area contributed by atoms with Gasteiger partial charge in [0.15, 0.2) is 0 Å². The molecule has 2 aromatic rings. The third-order valence-corrected chi connectivity index (χ3v) is 2.88. The van der Waals surface area contributed by atoms with Crippen LogP contribution in [0, 0.1) is 15.9 Å². The quantitative estimate of drug-likeness (QED) is 0.665. The van der Waals surface area contributed by atoms with Crippen LogP contribution in [-0.2, 0) is 0 Å². The molecule has 98 valence electrons. The molecule has 1 N–H and O–H groups in total. The van der Waals surface area contributed by atoms with E-state index in [0.717, 1.165) is 6.07 Å². The number of hydrogen-bond donors (Lipinski definition) is 1. The summed E-state index contributed by atoms with van der Waals surface area (Å²) in [6, 6.07) is 5.24. The Bertz CT molecular complexity index is 654. The van der Waals surface area contributed by atoms with E-state index in [-0.39, 0.29) is 22.2 Å². The third kappa shape index (κ3) is 3.18. The number of halogens is 3. The number of rotatable bonds is 3. The molecule has 8 heteroatoms. The van der Waals surface area contributed by atoms with Gasteiger partial charge < -0.3 is 5.32 Å². The van der Waals surface area contributed by atoms with Crippen molar-refractivity contribution < 1.29 is 9.31 Å². The maximum absolute atomic E-state index is 13.6. The number of nitro groups is 1. The number of aromatic nitrogens is 1. The monoisotopic (exact) mass is 345 g/mol. The molecular weight excluding hydrogens is 340 g/mol. The van der Waals surface area contributed by atoms with Crippen LogP contribution in [0.3, 0.4) is 0 Å². The van der Waals surface area contributed by atoms with Crippen LogP contribution in [0.25, 0.3) is 0 Å². The van der Waals surface area contributed by atoms with Crippen LogP contribution in [0.2, 0.25) is 5.02 Å². The van der Waals surface area contributed by atoms with Crippen molar-refractivity contribution in [3.05, 3.63) is 55.9 Å². The van der Waals surface area contributed by atoms with Gasteiger partial charge in [-0.2, -0.15) is 0 Å². The molecular formula is C11H6BrClFN3O2. The van der Waals surface area contributed by atoms with Crippen molar-refractivity contribution in [3.63, 3.8) is 0 Å². The fourth-order valence-electron chi connectivity index (χ4n) is 1.38. The highest BCUT2D eigenvalue weighted by molar-refractivity contribution is 9.10. The van der Waals surface area contributed by atoms with Gasteiger partial charge in [-0.15, -0.1) is 0 Å². The lowest BCUT2D eigenvalue weighted by molar-refractivity contribution is -0.384. The lowest BCUT2D eigenvalue weighted by atomic mass is 10.3. The van der Waals surface area contributed by atoms with Crippen LogP contribution >= 0.6 is 27.5 Å². The first-order valence-corrected chi connectivity index (χ1v) is 6.16. The van der Waals surface area contributed by atoms with Crippen LogP contribution in [0.15, 0.2) is 34.9 Å². The van der Waals surface area contributed by atoms with E-state index in [1.54, 1.807) is 0 Å². The van der Waals surface area contributed by atoms with Gasteiger partial charge in [-0.25, -0.2) is 9.37 Å². The Kier molecular flexibility index (Phi) is 3.96. The van der Waals surface area contributed by atoms with Gasteiger partial charge in [0.05, 0.1) is 10.6 Å². The van der Waals surface area contributed by atoms with Crippen LogP contribution in [0.1, 0.15) is 0 Å². The molecule has 2 rings (SSSR count). The number of benzene rings is 1. The number of anilines is 2. The molecule has 1 heterocycles. The third-order valence-electron chi connectivity index (χ3n) is 2.22. The van der Waals surface area contributed by atoms with Gasteiger partial charge in [0.1, 0.15) is 5.82 Å². The van der Waals surface area contributed by atoms with Gasteiger partial charge in [0.25, 0.3) is 0 Å². The van der Waals surface area contributed by atoms with Gasteiger partial charge in [-0.05, 0) is 34.1 Å². The molecule has 0 fully saturated rings. The Balaban J connectivity index is 2.40. The van der Waals surface area contributed by atoms with Gasteiger partial charge in [0.2, 0.25) is 5.82 Å². The van der Waals surface area contributed by atoms with E-state index >= 15 is 0 Å². The van der Waals surface area contributed by atoms with E-state index in [1.807, 2.05) is 0 Å². The molecule has 0 saturated heterocycles. The highest BCUT2D eigenvalue weighted by Gasteiger charge is 2.17. The van der Waals surface area contributed by atoms with Gasteiger partial charge >= 0.3 is 5.69 Å². The van der Waals surface area contributed by atoms with Gasteiger partial charge in [-0.1, -0.05) is 11.6 Å². The standard InChI is InChI=1S/C11H6BrClFN3O2/c12-6-3-10(17(18)19)11(15-5-6)16-9-2-1-7(13)4-8(9)14/h1-5H,(H,15,16). The van der Waals surface area contributed by atoms with Crippen molar-refractivity contribution >= 4 is 44.7 Å². The van der Waals surface area contributed by atoms with Gasteiger partial charge in [0, 0.05) is 21.8 Å². The molecule has 0 amide bonds. The number of nitrogens with zero attached hydrogens (tertiary/aromatic N) is 2. The molecule has 0 aliphatic rings. The van der Waals surface area contributed by atoms with Crippen LogP contribution in [-0.4, -0.2) is 9.91 Å². The topological polar surface area (TPSA) is 68.1 Å². The Morgan fingerprint density at radius 2 is 2.16 bits per heavy atom. The maximum atomic E-state index is 13.6. The van der Waals surface area contributed by atoms with Crippen molar-refractivity contribution in [2.45, 2.75) is 0 Å². The van der Waals surface area contributed by atoms with E-state index in [2.05, 4.69) is 26.2 Å². The molecule has 0 radical (unpaired) electrons. The van der Waals surface area contributed by atoms with E-state index in [4.69, 9.17) is 11.6 Å². The molecule has 1 aromatic carbocycles. The fraction of sp³-hybridized carbons (Fsp3) is 0. The molecule has 0 atom stereocenters. The molecule has 0 saturated carbocycles. The SMILES string of the molecule is O=[N+]([O-])c1cc(Br)cnc1Nc1ccc(Cl)cc1F. The molecule has 0 aliphatic heterocycles. The van der Waals surface area contributed by atoms with Crippen molar-refractivity contribution in [1.82, 2.24) is 4.98 Å². The summed E-state index contributed by atoms with van der Waals surface area (Å²) < 4.78 is 14.1. The average Bonchev–Trinajstić information content (AvgIpc) is 2.34.